The molecule has 0 spiro atoms. The minimum Gasteiger partial charge on any atom is -0.465 e. The first-order valence-electron chi connectivity index (χ1n) is 12.0. The van der Waals surface area contributed by atoms with Crippen LogP contribution in [-0.2, 0) is 28.6 Å². The second-order valence-electron chi connectivity index (χ2n) is 12.9. The molecule has 0 radical (unpaired) electrons. The summed E-state index contributed by atoms with van der Waals surface area (Å²) in [5.74, 6) is -0.605. The molecule has 34 heavy (non-hydrogen) atoms. The zero-order valence-corrected chi connectivity index (χ0v) is 25.0. The van der Waals surface area contributed by atoms with E-state index in [1.165, 1.54) is 13.8 Å². The Morgan fingerprint density at radius 3 is 1.35 bits per heavy atom. The van der Waals surface area contributed by atoms with E-state index in [1.807, 2.05) is 76.2 Å². The highest BCUT2D eigenvalue weighted by molar-refractivity contribution is 5.76. The molecule has 1 unspecified atom stereocenters. The molecule has 7 nitrogen and oxygen atoms in total. The van der Waals surface area contributed by atoms with Crippen LogP contribution in [0.3, 0.4) is 0 Å². The Morgan fingerprint density at radius 1 is 0.765 bits per heavy atom. The van der Waals surface area contributed by atoms with Crippen molar-refractivity contribution in [2.45, 2.75) is 129 Å². The van der Waals surface area contributed by atoms with Crippen LogP contribution < -0.4 is 5.73 Å². The molecular weight excluding hydrogens is 434 g/mol. The summed E-state index contributed by atoms with van der Waals surface area (Å²) in [6.07, 6.45) is -0.111. The lowest BCUT2D eigenvalue weighted by atomic mass is 9.79. The fourth-order valence-electron chi connectivity index (χ4n) is 1.53. The second kappa shape index (κ2) is 14.7. The van der Waals surface area contributed by atoms with Crippen molar-refractivity contribution in [1.82, 2.24) is 0 Å². The van der Waals surface area contributed by atoms with E-state index in [0.717, 1.165) is 0 Å². The molecule has 0 amide bonds. The van der Waals surface area contributed by atoms with Crippen LogP contribution in [0, 0.1) is 22.2 Å². The van der Waals surface area contributed by atoms with Gasteiger partial charge < -0.3 is 19.9 Å². The van der Waals surface area contributed by atoms with Crippen LogP contribution in [0.5, 0.6) is 0 Å². The monoisotopic (exact) mass is 489 g/mol. The van der Waals surface area contributed by atoms with E-state index in [0.29, 0.717) is 6.61 Å². The third-order valence-electron chi connectivity index (χ3n) is 5.42. The molecule has 0 bridgehead atoms. The number of rotatable bonds is 5. The molecule has 0 aliphatic heterocycles. The smallest absolute Gasteiger partial charge is 0.323 e. The molecule has 0 aliphatic carbocycles. The first-order valence-corrected chi connectivity index (χ1v) is 12.0. The van der Waals surface area contributed by atoms with Crippen LogP contribution in [-0.4, -0.2) is 42.3 Å². The molecule has 7 heteroatoms. The summed E-state index contributed by atoms with van der Waals surface area (Å²) in [4.78, 5) is 32.4. The van der Waals surface area contributed by atoms with E-state index >= 15 is 0 Å². The highest BCUT2D eigenvalue weighted by Gasteiger charge is 2.35. The molecule has 2 N–H and O–H groups in total. The molecule has 0 aliphatic rings. The molecule has 0 heterocycles. The van der Waals surface area contributed by atoms with Crippen LogP contribution in [0.15, 0.2) is 0 Å². The maximum atomic E-state index is 11.5. The molecule has 0 aromatic heterocycles. The van der Waals surface area contributed by atoms with Crippen LogP contribution in [0.1, 0.15) is 111 Å². The minimum atomic E-state index is -0.514. The third kappa shape index (κ3) is 19.8. The first kappa shape index (κ1) is 36.9. The molecule has 0 saturated carbocycles. The molecule has 0 aromatic rings. The maximum absolute atomic E-state index is 11.5. The van der Waals surface area contributed by atoms with Crippen molar-refractivity contribution in [2.24, 2.45) is 27.9 Å². The maximum Gasteiger partial charge on any atom is 0.323 e. The molecule has 2 atom stereocenters. The second-order valence-corrected chi connectivity index (χ2v) is 12.9. The van der Waals surface area contributed by atoms with Gasteiger partial charge in [-0.1, -0.05) is 76.2 Å². The van der Waals surface area contributed by atoms with Gasteiger partial charge in [-0.25, -0.2) is 0 Å². The van der Waals surface area contributed by atoms with Crippen LogP contribution >= 0.6 is 0 Å². The van der Waals surface area contributed by atoms with Gasteiger partial charge in [0, 0.05) is 19.3 Å². The summed E-state index contributed by atoms with van der Waals surface area (Å²) in [7, 11) is 0. The number of hydrogen-bond donors (Lipinski definition) is 1. The SMILES string of the molecule is CC(=O)OC(C)(C)C(C)(C)C.CC(=O)OCC(C)(C)C.CC(C)[C@@H](N)C(=O)OC(C)C(C)(C)C. The van der Waals surface area contributed by atoms with Gasteiger partial charge in [-0.2, -0.15) is 0 Å². The van der Waals surface area contributed by atoms with E-state index in [-0.39, 0.29) is 46.2 Å². The zero-order chi connectivity index (χ0) is 28.3. The van der Waals surface area contributed by atoms with Crippen molar-refractivity contribution in [3.8, 4) is 0 Å². The van der Waals surface area contributed by atoms with Crippen molar-refractivity contribution in [2.75, 3.05) is 6.61 Å². The predicted octanol–water partition coefficient (Wildman–Crippen LogP) is 5.92. The molecule has 204 valence electrons. The van der Waals surface area contributed by atoms with Gasteiger partial charge in [0.05, 0.1) is 6.61 Å². The Hall–Kier alpha value is -1.63. The van der Waals surface area contributed by atoms with E-state index in [9.17, 15) is 14.4 Å². The minimum absolute atomic E-state index is 0.0152. The van der Waals surface area contributed by atoms with E-state index < -0.39 is 11.6 Å². The van der Waals surface area contributed by atoms with Crippen molar-refractivity contribution in [3.63, 3.8) is 0 Å². The van der Waals surface area contributed by atoms with E-state index in [4.69, 9.17) is 19.9 Å². The Morgan fingerprint density at radius 2 is 1.18 bits per heavy atom. The first-order chi connectivity index (χ1) is 14.7. The average molecular weight is 490 g/mol. The van der Waals surface area contributed by atoms with Crippen molar-refractivity contribution in [3.05, 3.63) is 0 Å². The van der Waals surface area contributed by atoms with Crippen molar-refractivity contribution >= 4 is 17.9 Å². The van der Waals surface area contributed by atoms with Gasteiger partial charge in [-0.3, -0.25) is 14.4 Å². The molecular formula is C27H55NO6. The van der Waals surface area contributed by atoms with Gasteiger partial charge in [0.15, 0.2) is 0 Å². The van der Waals surface area contributed by atoms with E-state index in [1.54, 1.807) is 0 Å². The largest absolute Gasteiger partial charge is 0.465 e. The highest BCUT2D eigenvalue weighted by Crippen LogP contribution is 2.32. The normalized spacial score (nSPS) is 13.9. The molecule has 0 saturated heterocycles. The number of ether oxygens (including phenoxy) is 3. The van der Waals surface area contributed by atoms with Crippen LogP contribution in [0.25, 0.3) is 0 Å². The van der Waals surface area contributed by atoms with Gasteiger partial charge in [0.2, 0.25) is 0 Å². The molecule has 0 rings (SSSR count). The lowest BCUT2D eigenvalue weighted by Crippen LogP contribution is -2.41. The summed E-state index contributed by atoms with van der Waals surface area (Å²) in [5.41, 5.74) is 5.33. The van der Waals surface area contributed by atoms with Gasteiger partial charge in [0.25, 0.3) is 0 Å². The fraction of sp³-hybridized carbons (Fsp3) is 0.889. The summed E-state index contributed by atoms with van der Waals surface area (Å²) in [6.45, 7) is 31.3. The summed E-state index contributed by atoms with van der Waals surface area (Å²) >= 11 is 0. The van der Waals surface area contributed by atoms with Crippen LogP contribution in [0.4, 0.5) is 0 Å². The molecule has 0 fully saturated rings. The zero-order valence-electron chi connectivity index (χ0n) is 25.0. The van der Waals surface area contributed by atoms with Gasteiger partial charge in [-0.15, -0.1) is 0 Å². The Bertz CT molecular complexity index is 619. The Kier molecular flexibility index (Phi) is 16.0. The Labute approximate surface area is 209 Å². The molecule has 0 aromatic carbocycles. The average Bonchev–Trinajstić information content (AvgIpc) is 2.56. The topological polar surface area (TPSA) is 105 Å². The lowest BCUT2D eigenvalue weighted by Gasteiger charge is -2.37. The summed E-state index contributed by atoms with van der Waals surface area (Å²) < 4.78 is 15.2. The number of carbonyl (C=O) groups is 3. The fourth-order valence-corrected chi connectivity index (χ4v) is 1.53. The Balaban J connectivity index is -0.000000435. The summed E-state index contributed by atoms with van der Waals surface area (Å²) in [5, 5.41) is 0. The standard InChI is InChI=1S/C11H23NO2.C9H18O2.C7H14O2/c1-7(2)9(12)10(13)14-8(3)11(4,5)6;1-7(10)11-9(5,6)8(2,3)4;1-6(8)9-5-7(2,3)4/h7-9H,12H2,1-6H3;1-6H3;5H2,1-4H3/t8?,9-;;/m1../s1. The van der Waals surface area contributed by atoms with Gasteiger partial charge >= 0.3 is 17.9 Å². The number of nitrogens with two attached hydrogens (primary N) is 1. The van der Waals surface area contributed by atoms with Gasteiger partial charge in [-0.05, 0) is 37.5 Å². The number of carbonyl (C=O) groups excluding carboxylic acids is 3. The van der Waals surface area contributed by atoms with Crippen molar-refractivity contribution < 1.29 is 28.6 Å². The quantitative estimate of drug-likeness (QED) is 0.377. The number of hydrogen-bond acceptors (Lipinski definition) is 7. The van der Waals surface area contributed by atoms with Crippen LogP contribution in [0.2, 0.25) is 0 Å². The highest BCUT2D eigenvalue weighted by atomic mass is 16.6. The summed E-state index contributed by atoms with van der Waals surface area (Å²) in [6, 6.07) is -0.514. The van der Waals surface area contributed by atoms with E-state index in [2.05, 4.69) is 20.8 Å². The van der Waals surface area contributed by atoms with Crippen molar-refractivity contribution in [1.29, 1.82) is 0 Å². The number of esters is 3. The van der Waals surface area contributed by atoms with Gasteiger partial charge in [0.1, 0.15) is 17.7 Å². The predicted molar refractivity (Wildman–Crippen MR) is 139 cm³/mol. The third-order valence-corrected chi connectivity index (χ3v) is 5.42. The lowest BCUT2D eigenvalue weighted by molar-refractivity contribution is -0.164.